The van der Waals surface area contributed by atoms with Gasteiger partial charge in [0.05, 0.1) is 0 Å². The van der Waals surface area contributed by atoms with E-state index in [1.54, 1.807) is 6.07 Å². The zero-order chi connectivity index (χ0) is 22.1. The lowest BCUT2D eigenvalue weighted by molar-refractivity contribution is 0.175. The fourth-order valence-corrected chi connectivity index (χ4v) is 4.58. The first kappa shape index (κ1) is 23.4. The van der Waals surface area contributed by atoms with Gasteiger partial charge in [0.25, 0.3) is 5.56 Å². The first-order valence-corrected chi connectivity index (χ1v) is 11.7. The zero-order valence-corrected chi connectivity index (χ0v) is 18.7. The Morgan fingerprint density at radius 2 is 2.00 bits per heavy atom. The van der Waals surface area contributed by atoms with Crippen LogP contribution < -0.4 is 10.9 Å². The number of phenolic OH excluding ortho intramolecular Hbond substituents is 2. The fraction of sp³-hybridized carbons (Fsp3) is 0.625. The SMILES string of the molecule is CCCN(CCCCCCNCCc1cc(=O)[nH]o1)C1CCc2c(ccc(O)c2O)C1. The predicted molar refractivity (Wildman–Crippen MR) is 122 cm³/mol. The van der Waals surface area contributed by atoms with E-state index in [1.165, 1.54) is 30.9 Å². The van der Waals surface area contributed by atoms with Crippen molar-refractivity contribution in [2.24, 2.45) is 0 Å². The van der Waals surface area contributed by atoms with Crippen LogP contribution in [0.5, 0.6) is 11.5 Å². The molecular weight excluding hydrogens is 394 g/mol. The third-order valence-corrected chi connectivity index (χ3v) is 6.24. The number of unbranched alkanes of at least 4 members (excludes halogenated alkanes) is 3. The summed E-state index contributed by atoms with van der Waals surface area (Å²) >= 11 is 0. The number of hydrogen-bond donors (Lipinski definition) is 4. The third-order valence-electron chi connectivity index (χ3n) is 6.24. The van der Waals surface area contributed by atoms with E-state index in [0.29, 0.717) is 11.8 Å². The van der Waals surface area contributed by atoms with Crippen LogP contribution in [0.1, 0.15) is 62.3 Å². The molecule has 1 aliphatic rings. The molecule has 0 aliphatic heterocycles. The molecule has 2 aromatic rings. The molecule has 1 aromatic carbocycles. The van der Waals surface area contributed by atoms with E-state index in [2.05, 4.69) is 22.3 Å². The molecule has 1 aromatic heterocycles. The largest absolute Gasteiger partial charge is 0.504 e. The molecule has 7 heteroatoms. The van der Waals surface area contributed by atoms with Crippen molar-refractivity contribution in [2.75, 3.05) is 26.2 Å². The summed E-state index contributed by atoms with van der Waals surface area (Å²) in [7, 11) is 0. The van der Waals surface area contributed by atoms with E-state index in [9.17, 15) is 15.0 Å². The molecule has 0 fully saturated rings. The van der Waals surface area contributed by atoms with Gasteiger partial charge in [-0.25, -0.2) is 0 Å². The Labute approximate surface area is 184 Å². The van der Waals surface area contributed by atoms with Crippen LogP contribution in [0, 0.1) is 0 Å². The normalized spacial score (nSPS) is 16.0. The highest BCUT2D eigenvalue weighted by Gasteiger charge is 2.26. The van der Waals surface area contributed by atoms with Gasteiger partial charge in [0, 0.05) is 30.6 Å². The summed E-state index contributed by atoms with van der Waals surface area (Å²) in [6.07, 6.45) is 9.51. The predicted octanol–water partition coefficient (Wildman–Crippen LogP) is 3.34. The number of rotatable bonds is 13. The number of aromatic amines is 1. The molecule has 0 spiro atoms. The first-order valence-electron chi connectivity index (χ1n) is 11.7. The minimum Gasteiger partial charge on any atom is -0.504 e. The summed E-state index contributed by atoms with van der Waals surface area (Å²) in [5, 5.41) is 25.6. The second-order valence-corrected chi connectivity index (χ2v) is 8.60. The van der Waals surface area contributed by atoms with Crippen LogP contribution in [0.25, 0.3) is 0 Å². The van der Waals surface area contributed by atoms with Crippen LogP contribution in [0.4, 0.5) is 0 Å². The van der Waals surface area contributed by atoms with Crippen LogP contribution in [-0.4, -0.2) is 52.5 Å². The van der Waals surface area contributed by atoms with Crippen LogP contribution in [-0.2, 0) is 19.3 Å². The molecule has 0 radical (unpaired) electrons. The minimum absolute atomic E-state index is 0.00632. The Hall–Kier alpha value is -2.25. The van der Waals surface area contributed by atoms with Crippen molar-refractivity contribution < 1.29 is 14.7 Å². The van der Waals surface area contributed by atoms with Crippen molar-refractivity contribution in [3.05, 3.63) is 45.4 Å². The Bertz CT molecular complexity index is 861. The van der Waals surface area contributed by atoms with Gasteiger partial charge in [0.1, 0.15) is 5.76 Å². The number of hydrogen-bond acceptors (Lipinski definition) is 6. The van der Waals surface area contributed by atoms with E-state index in [0.717, 1.165) is 70.3 Å². The van der Waals surface area contributed by atoms with Gasteiger partial charge in [-0.15, -0.1) is 0 Å². The summed E-state index contributed by atoms with van der Waals surface area (Å²) in [4.78, 5) is 13.6. The number of H-pyrrole nitrogens is 1. The van der Waals surface area contributed by atoms with Crippen molar-refractivity contribution >= 4 is 0 Å². The maximum Gasteiger partial charge on any atom is 0.280 e. The number of phenols is 2. The van der Waals surface area contributed by atoms with Crippen LogP contribution in [0.3, 0.4) is 0 Å². The second kappa shape index (κ2) is 12.0. The topological polar surface area (TPSA) is 102 Å². The maximum absolute atomic E-state index is 11.0. The number of aromatic nitrogens is 1. The molecule has 0 bridgehead atoms. The quantitative estimate of drug-likeness (QED) is 0.287. The lowest BCUT2D eigenvalue weighted by atomic mass is 9.86. The first-order chi connectivity index (χ1) is 15.1. The summed E-state index contributed by atoms with van der Waals surface area (Å²) in [6, 6.07) is 5.60. The highest BCUT2D eigenvalue weighted by molar-refractivity contribution is 5.50. The third kappa shape index (κ3) is 6.87. The van der Waals surface area contributed by atoms with Gasteiger partial charge in [0.2, 0.25) is 0 Å². The van der Waals surface area contributed by atoms with E-state index in [4.69, 9.17) is 4.52 Å². The molecule has 0 amide bonds. The van der Waals surface area contributed by atoms with E-state index < -0.39 is 0 Å². The molecular formula is C24H37N3O4. The Balaban J connectivity index is 1.31. The van der Waals surface area contributed by atoms with Gasteiger partial charge < -0.3 is 25.0 Å². The smallest absolute Gasteiger partial charge is 0.280 e. The highest BCUT2D eigenvalue weighted by Crippen LogP contribution is 2.36. The van der Waals surface area contributed by atoms with Crippen molar-refractivity contribution in [3.63, 3.8) is 0 Å². The molecule has 3 rings (SSSR count). The van der Waals surface area contributed by atoms with Gasteiger partial charge in [-0.3, -0.25) is 4.79 Å². The maximum atomic E-state index is 11.0. The molecule has 4 N–H and O–H groups in total. The molecule has 1 unspecified atom stereocenters. The van der Waals surface area contributed by atoms with E-state index in [1.807, 2.05) is 6.07 Å². The lowest BCUT2D eigenvalue weighted by Gasteiger charge is -2.35. The zero-order valence-electron chi connectivity index (χ0n) is 18.7. The molecule has 31 heavy (non-hydrogen) atoms. The summed E-state index contributed by atoms with van der Waals surface area (Å²) in [5.74, 6) is 0.767. The number of aromatic hydroxyl groups is 2. The molecule has 1 atom stereocenters. The fourth-order valence-electron chi connectivity index (χ4n) is 4.58. The van der Waals surface area contributed by atoms with Crippen molar-refractivity contribution in [1.29, 1.82) is 0 Å². The standard InChI is InChI=1S/C24H37N3O4/c1-2-14-27(19-8-9-21-18(16-19)7-10-22(28)24(21)30)15-6-4-3-5-12-25-13-11-20-17-23(29)26-31-20/h7,10,17,19,25,28,30H,2-6,8-9,11-16H2,1H3,(H,26,29). The van der Waals surface area contributed by atoms with Crippen molar-refractivity contribution in [3.8, 4) is 11.5 Å². The molecule has 1 heterocycles. The molecule has 172 valence electrons. The van der Waals surface area contributed by atoms with Gasteiger partial charge in [0.15, 0.2) is 11.5 Å². The number of nitrogens with one attached hydrogen (secondary N) is 2. The van der Waals surface area contributed by atoms with Gasteiger partial charge in [-0.1, -0.05) is 25.8 Å². The van der Waals surface area contributed by atoms with E-state index >= 15 is 0 Å². The molecule has 7 nitrogen and oxygen atoms in total. The van der Waals surface area contributed by atoms with Crippen LogP contribution >= 0.6 is 0 Å². The summed E-state index contributed by atoms with van der Waals surface area (Å²) in [6.45, 7) is 6.28. The molecule has 0 saturated heterocycles. The number of nitrogens with zero attached hydrogens (tertiary/aromatic N) is 1. The number of fused-ring (bicyclic) bond motifs is 1. The Morgan fingerprint density at radius 1 is 1.16 bits per heavy atom. The van der Waals surface area contributed by atoms with Gasteiger partial charge in [-0.05, 0) is 69.8 Å². The molecule has 1 aliphatic carbocycles. The molecule has 0 saturated carbocycles. The van der Waals surface area contributed by atoms with Crippen LogP contribution in [0.15, 0.2) is 27.5 Å². The minimum atomic E-state index is -0.179. The van der Waals surface area contributed by atoms with Crippen LogP contribution in [0.2, 0.25) is 0 Å². The summed E-state index contributed by atoms with van der Waals surface area (Å²) in [5.41, 5.74) is 1.93. The monoisotopic (exact) mass is 431 g/mol. The average Bonchev–Trinajstić information content (AvgIpc) is 3.19. The highest BCUT2D eigenvalue weighted by atomic mass is 16.5. The lowest BCUT2D eigenvalue weighted by Crippen LogP contribution is -2.40. The Kier molecular flexibility index (Phi) is 9.03. The van der Waals surface area contributed by atoms with Crippen molar-refractivity contribution in [2.45, 2.75) is 70.8 Å². The summed E-state index contributed by atoms with van der Waals surface area (Å²) < 4.78 is 5.04. The average molecular weight is 432 g/mol. The van der Waals surface area contributed by atoms with Gasteiger partial charge in [-0.2, -0.15) is 5.16 Å². The second-order valence-electron chi connectivity index (χ2n) is 8.60. The number of benzene rings is 1. The van der Waals surface area contributed by atoms with Gasteiger partial charge >= 0.3 is 0 Å². The Morgan fingerprint density at radius 3 is 2.77 bits per heavy atom. The van der Waals surface area contributed by atoms with Crippen molar-refractivity contribution in [1.82, 2.24) is 15.4 Å². The van der Waals surface area contributed by atoms with E-state index in [-0.39, 0.29) is 17.1 Å².